The molecule has 1 aliphatic rings. The first-order chi connectivity index (χ1) is 16.2. The number of aliphatic hydroxyl groups excluding tert-OH is 1. The zero-order valence-corrected chi connectivity index (χ0v) is 19.2. The van der Waals surface area contributed by atoms with Crippen LogP contribution in [0.5, 0.6) is 0 Å². The zero-order chi connectivity index (χ0) is 24.0. The average Bonchev–Trinajstić information content (AvgIpc) is 3.31. The fourth-order valence-electron chi connectivity index (χ4n) is 4.52. The van der Waals surface area contributed by atoms with Gasteiger partial charge >= 0.3 is 5.63 Å². The van der Waals surface area contributed by atoms with Gasteiger partial charge in [-0.2, -0.15) is 0 Å². The number of aliphatic hydroxyl groups is 1. The van der Waals surface area contributed by atoms with E-state index < -0.39 is 33.5 Å². The van der Waals surface area contributed by atoms with Crippen molar-refractivity contribution in [1.82, 2.24) is 5.32 Å². The number of carbonyl (C=O) groups excluding carboxylic acids is 1. The molecule has 176 valence electrons. The van der Waals surface area contributed by atoms with Gasteiger partial charge in [0.05, 0.1) is 29.9 Å². The Morgan fingerprint density at radius 3 is 2.59 bits per heavy atom. The van der Waals surface area contributed by atoms with Crippen molar-refractivity contribution in [3.63, 3.8) is 0 Å². The number of aryl methyl sites for hydroxylation is 1. The average molecular weight is 482 g/mol. The number of rotatable bonds is 5. The minimum atomic E-state index is -3.37. The van der Waals surface area contributed by atoms with Gasteiger partial charge in [-0.25, -0.2) is 13.2 Å². The number of furan rings is 1. The summed E-state index contributed by atoms with van der Waals surface area (Å²) in [7, 11) is -3.37. The first-order valence-electron chi connectivity index (χ1n) is 10.9. The third-order valence-corrected chi connectivity index (χ3v) is 8.05. The monoisotopic (exact) mass is 481 g/mol. The Balaban J connectivity index is 1.43. The van der Waals surface area contributed by atoms with Gasteiger partial charge in [-0.1, -0.05) is 30.3 Å². The summed E-state index contributed by atoms with van der Waals surface area (Å²) in [4.78, 5) is 25.1. The van der Waals surface area contributed by atoms with E-state index in [0.717, 1.165) is 21.9 Å². The van der Waals surface area contributed by atoms with Gasteiger partial charge in [0.15, 0.2) is 9.84 Å². The van der Waals surface area contributed by atoms with Crippen molar-refractivity contribution in [2.45, 2.75) is 31.9 Å². The van der Waals surface area contributed by atoms with Gasteiger partial charge in [-0.15, -0.1) is 0 Å². The summed E-state index contributed by atoms with van der Waals surface area (Å²) in [6, 6.07) is 12.6. The van der Waals surface area contributed by atoms with E-state index in [4.69, 9.17) is 8.83 Å². The summed E-state index contributed by atoms with van der Waals surface area (Å²) in [5.74, 6) is -1.09. The molecule has 3 heterocycles. The molecule has 1 amide bonds. The van der Waals surface area contributed by atoms with Crippen molar-refractivity contribution >= 4 is 37.7 Å². The van der Waals surface area contributed by atoms with Crippen molar-refractivity contribution in [1.29, 1.82) is 0 Å². The molecule has 2 atom stereocenters. The van der Waals surface area contributed by atoms with Crippen LogP contribution < -0.4 is 10.9 Å². The van der Waals surface area contributed by atoms with Crippen molar-refractivity contribution in [2.24, 2.45) is 0 Å². The van der Waals surface area contributed by atoms with Crippen LogP contribution in [-0.2, 0) is 21.1 Å². The Morgan fingerprint density at radius 2 is 1.88 bits per heavy atom. The highest BCUT2D eigenvalue weighted by Gasteiger charge is 2.37. The first-order valence-corrected chi connectivity index (χ1v) is 12.7. The molecule has 1 fully saturated rings. The fraction of sp³-hybridized carbons (Fsp3) is 0.280. The van der Waals surface area contributed by atoms with Crippen molar-refractivity contribution in [3.05, 3.63) is 70.3 Å². The maximum atomic E-state index is 12.7. The van der Waals surface area contributed by atoms with Gasteiger partial charge in [-0.05, 0) is 30.5 Å². The third-order valence-electron chi connectivity index (χ3n) is 6.34. The molecule has 0 radical (unpaired) electrons. The second-order valence-corrected chi connectivity index (χ2v) is 10.8. The maximum absolute atomic E-state index is 12.7. The van der Waals surface area contributed by atoms with E-state index in [-0.39, 0.29) is 24.3 Å². The Hall–Kier alpha value is -3.43. The van der Waals surface area contributed by atoms with Crippen LogP contribution in [0, 0.1) is 6.92 Å². The van der Waals surface area contributed by atoms with Crippen LogP contribution in [0.1, 0.15) is 17.5 Å². The van der Waals surface area contributed by atoms with Crippen LogP contribution in [-0.4, -0.2) is 43.1 Å². The second-order valence-electron chi connectivity index (χ2n) is 8.67. The molecule has 1 aliphatic heterocycles. The zero-order valence-electron chi connectivity index (χ0n) is 18.4. The maximum Gasteiger partial charge on any atom is 0.339 e. The van der Waals surface area contributed by atoms with Crippen molar-refractivity contribution in [3.8, 4) is 11.1 Å². The van der Waals surface area contributed by atoms with Crippen LogP contribution in [0.15, 0.2) is 62.4 Å². The molecule has 0 aliphatic carbocycles. The van der Waals surface area contributed by atoms with Crippen LogP contribution in [0.2, 0.25) is 0 Å². The minimum Gasteiger partial charge on any atom is -0.464 e. The van der Waals surface area contributed by atoms with Crippen LogP contribution in [0.3, 0.4) is 0 Å². The molecule has 0 saturated carbocycles. The van der Waals surface area contributed by atoms with E-state index in [9.17, 15) is 23.1 Å². The number of carbonyl (C=O) groups is 1. The number of hydrogen-bond donors (Lipinski definition) is 2. The lowest BCUT2D eigenvalue weighted by atomic mass is 9.99. The summed E-state index contributed by atoms with van der Waals surface area (Å²) in [5, 5.41) is 14.1. The van der Waals surface area contributed by atoms with E-state index in [1.54, 1.807) is 12.3 Å². The molecule has 9 heteroatoms. The lowest BCUT2D eigenvalue weighted by molar-refractivity contribution is -0.122. The van der Waals surface area contributed by atoms with Gasteiger partial charge in [-0.3, -0.25) is 4.79 Å². The number of hydrogen-bond acceptors (Lipinski definition) is 7. The number of benzene rings is 2. The summed E-state index contributed by atoms with van der Waals surface area (Å²) < 4.78 is 34.5. The molecule has 4 aromatic rings. The smallest absolute Gasteiger partial charge is 0.339 e. The van der Waals surface area contributed by atoms with Crippen LogP contribution in [0.4, 0.5) is 0 Å². The Bertz CT molecular complexity index is 1570. The molecular weight excluding hydrogens is 458 g/mol. The van der Waals surface area contributed by atoms with E-state index in [1.807, 2.05) is 43.3 Å². The van der Waals surface area contributed by atoms with Crippen molar-refractivity contribution < 1.29 is 27.2 Å². The standard InChI is InChI=1S/C25H23NO7S/c1-14-16(7-8-24(28)26-20-12-34(30,31)13-21(20)27)25(29)33-23-10-22-18(9-17(14)23)19(11-32-22)15-5-3-2-4-6-15/h2-6,9-11,20-21,27H,7-8,12-13H2,1H3,(H,26,28)/t20-,21+/m0/s1. The molecular formula is C25H23NO7S. The van der Waals surface area contributed by atoms with Gasteiger partial charge in [0.25, 0.3) is 0 Å². The summed E-state index contributed by atoms with van der Waals surface area (Å²) in [6.07, 6.45) is 0.636. The lowest BCUT2D eigenvalue weighted by Gasteiger charge is -2.15. The van der Waals surface area contributed by atoms with Gasteiger partial charge in [0.2, 0.25) is 5.91 Å². The number of nitrogens with one attached hydrogen (secondary N) is 1. The molecule has 0 unspecified atom stereocenters. The molecule has 34 heavy (non-hydrogen) atoms. The van der Waals surface area contributed by atoms with Crippen molar-refractivity contribution in [2.75, 3.05) is 11.5 Å². The molecule has 2 aromatic heterocycles. The largest absolute Gasteiger partial charge is 0.464 e. The Morgan fingerprint density at radius 1 is 1.12 bits per heavy atom. The summed E-state index contributed by atoms with van der Waals surface area (Å²) in [5.41, 5.74) is 3.49. The first kappa shape index (κ1) is 22.4. The molecule has 2 N–H and O–H groups in total. The molecule has 1 saturated heterocycles. The summed E-state index contributed by atoms with van der Waals surface area (Å²) >= 11 is 0. The summed E-state index contributed by atoms with van der Waals surface area (Å²) in [6.45, 7) is 1.81. The highest BCUT2D eigenvalue weighted by atomic mass is 32.2. The Kier molecular flexibility index (Phi) is 5.53. The van der Waals surface area contributed by atoms with Crippen LogP contribution in [0.25, 0.3) is 33.1 Å². The quantitative estimate of drug-likeness (QED) is 0.420. The molecule has 8 nitrogen and oxygen atoms in total. The van der Waals surface area contributed by atoms with Crippen LogP contribution >= 0.6 is 0 Å². The normalized spacial score (nSPS) is 19.6. The molecule has 5 rings (SSSR count). The number of fused-ring (bicyclic) bond motifs is 2. The third kappa shape index (κ3) is 4.12. The van der Waals surface area contributed by atoms with E-state index >= 15 is 0 Å². The van der Waals surface area contributed by atoms with E-state index in [1.165, 1.54) is 0 Å². The predicted molar refractivity (Wildman–Crippen MR) is 127 cm³/mol. The predicted octanol–water partition coefficient (Wildman–Crippen LogP) is 2.72. The molecule has 0 bridgehead atoms. The SMILES string of the molecule is Cc1c(CCC(=O)N[C@H]2CS(=O)(=O)C[C@H]2O)c(=O)oc2cc3occ(-c4ccccc4)c3cc12. The molecule has 2 aromatic carbocycles. The highest BCUT2D eigenvalue weighted by molar-refractivity contribution is 7.91. The van der Waals surface area contributed by atoms with E-state index in [2.05, 4.69) is 5.32 Å². The van der Waals surface area contributed by atoms with Gasteiger partial charge in [0.1, 0.15) is 11.2 Å². The number of amides is 1. The van der Waals surface area contributed by atoms with Gasteiger partial charge in [0, 0.05) is 34.4 Å². The fourth-order valence-corrected chi connectivity index (χ4v) is 6.27. The highest BCUT2D eigenvalue weighted by Crippen LogP contribution is 2.34. The second kappa shape index (κ2) is 8.41. The Labute approximate surface area is 195 Å². The van der Waals surface area contributed by atoms with Gasteiger partial charge < -0.3 is 19.3 Å². The lowest BCUT2D eigenvalue weighted by Crippen LogP contribution is -2.42. The number of sulfone groups is 1. The topological polar surface area (TPSA) is 127 Å². The minimum absolute atomic E-state index is 0.0381. The molecule has 0 spiro atoms. The van der Waals surface area contributed by atoms with E-state index in [0.29, 0.717) is 22.3 Å².